The van der Waals surface area contributed by atoms with E-state index in [2.05, 4.69) is 0 Å². The van der Waals surface area contributed by atoms with Crippen molar-refractivity contribution in [3.8, 4) is 5.75 Å². The lowest BCUT2D eigenvalue weighted by Gasteiger charge is -2.35. The number of amides is 1. The summed E-state index contributed by atoms with van der Waals surface area (Å²) < 4.78 is 31.5. The molecule has 0 bridgehead atoms. The second-order valence-corrected chi connectivity index (χ2v) is 11.3. The second-order valence-electron chi connectivity index (χ2n) is 11.3. The summed E-state index contributed by atoms with van der Waals surface area (Å²) in [6.45, 7) is 7.68. The number of methoxy groups -OCH3 is 1. The van der Waals surface area contributed by atoms with E-state index in [-0.39, 0.29) is 18.2 Å². The van der Waals surface area contributed by atoms with Crippen LogP contribution in [0.25, 0.3) is 16.3 Å². The molecule has 0 aromatic heterocycles. The number of carbonyl (C=O) groups is 2. The summed E-state index contributed by atoms with van der Waals surface area (Å²) >= 11 is 0. The topological polar surface area (TPSA) is 65.1 Å². The van der Waals surface area contributed by atoms with Gasteiger partial charge in [0.2, 0.25) is 0 Å². The van der Waals surface area contributed by atoms with Crippen molar-refractivity contribution in [3.63, 3.8) is 0 Å². The maximum Gasteiger partial charge on any atom is 0.410 e. The molecule has 1 unspecified atom stereocenters. The molecule has 1 heterocycles. The number of benzene rings is 4. The molecule has 0 spiro atoms. The fourth-order valence-corrected chi connectivity index (χ4v) is 5.25. The van der Waals surface area contributed by atoms with Gasteiger partial charge in [-0.25, -0.2) is 14.0 Å². The number of esters is 1. The van der Waals surface area contributed by atoms with Crippen molar-refractivity contribution in [2.75, 3.05) is 13.7 Å². The average molecular weight is 568 g/mol. The van der Waals surface area contributed by atoms with Crippen LogP contribution in [-0.2, 0) is 9.47 Å². The molecule has 1 aliphatic rings. The minimum atomic E-state index is -0.758. The molecule has 0 N–H and O–H groups in total. The Morgan fingerprint density at radius 2 is 1.69 bits per heavy atom. The van der Waals surface area contributed by atoms with Gasteiger partial charge < -0.3 is 14.2 Å². The van der Waals surface area contributed by atoms with E-state index in [1.54, 1.807) is 11.0 Å². The largest absolute Gasteiger partial charge is 0.484 e. The van der Waals surface area contributed by atoms with E-state index in [9.17, 15) is 14.0 Å². The second kappa shape index (κ2) is 11.7. The lowest BCUT2D eigenvalue weighted by molar-refractivity contribution is 0.0110. The molecule has 0 aliphatic carbocycles. The molecule has 0 saturated carbocycles. The van der Waals surface area contributed by atoms with Crippen LogP contribution in [0.5, 0.6) is 5.75 Å². The standard InChI is InChI=1S/C35H34FNO5/c1-22(26-15-10-12-23-11-6-7-13-27(23)26)37(34(39)42-35(2,3)4)21-25-20-29(28-14-8-9-16-32(28)41-25)24-17-18-31(36)30(19-24)33(38)40-5/h6-20,22,25H,21H2,1-5H3/t22-,25?/m1/s1. The Kier molecular flexibility index (Phi) is 8.03. The van der Waals surface area contributed by atoms with Gasteiger partial charge in [0.05, 0.1) is 25.3 Å². The zero-order chi connectivity index (χ0) is 30.0. The minimum Gasteiger partial charge on any atom is -0.484 e. The summed E-state index contributed by atoms with van der Waals surface area (Å²) in [5, 5.41) is 2.13. The number of hydrogen-bond donors (Lipinski definition) is 0. The first-order valence-corrected chi connectivity index (χ1v) is 13.9. The number of fused-ring (bicyclic) bond motifs is 2. The van der Waals surface area contributed by atoms with Gasteiger partial charge in [-0.05, 0) is 79.4 Å². The lowest BCUT2D eigenvalue weighted by atomic mass is 9.92. The van der Waals surface area contributed by atoms with Crippen LogP contribution >= 0.6 is 0 Å². The van der Waals surface area contributed by atoms with Crippen LogP contribution in [-0.4, -0.2) is 42.3 Å². The van der Waals surface area contributed by atoms with Crippen molar-refractivity contribution in [1.29, 1.82) is 0 Å². The van der Waals surface area contributed by atoms with Gasteiger partial charge in [-0.1, -0.05) is 66.7 Å². The third-order valence-electron chi connectivity index (χ3n) is 7.24. The summed E-state index contributed by atoms with van der Waals surface area (Å²) in [5.74, 6) is -0.805. The van der Waals surface area contributed by atoms with E-state index in [0.29, 0.717) is 11.3 Å². The maximum absolute atomic E-state index is 14.5. The Bertz CT molecular complexity index is 1670. The van der Waals surface area contributed by atoms with E-state index in [0.717, 1.165) is 27.5 Å². The van der Waals surface area contributed by atoms with Crippen molar-refractivity contribution in [1.82, 2.24) is 4.90 Å². The van der Waals surface area contributed by atoms with Crippen LogP contribution in [0.4, 0.5) is 9.18 Å². The molecule has 216 valence electrons. The van der Waals surface area contributed by atoms with Crippen LogP contribution in [0.1, 0.15) is 60.8 Å². The van der Waals surface area contributed by atoms with E-state index in [4.69, 9.17) is 14.2 Å². The zero-order valence-corrected chi connectivity index (χ0v) is 24.4. The smallest absolute Gasteiger partial charge is 0.410 e. The number of nitrogens with zero attached hydrogens (tertiary/aromatic N) is 1. The van der Waals surface area contributed by atoms with E-state index < -0.39 is 29.6 Å². The molecule has 6 nitrogen and oxygen atoms in total. The highest BCUT2D eigenvalue weighted by Crippen LogP contribution is 2.38. The molecule has 42 heavy (non-hydrogen) atoms. The van der Waals surface area contributed by atoms with Gasteiger partial charge in [-0.15, -0.1) is 0 Å². The quantitative estimate of drug-likeness (QED) is 0.221. The predicted molar refractivity (Wildman–Crippen MR) is 161 cm³/mol. The van der Waals surface area contributed by atoms with Crippen molar-refractivity contribution in [2.24, 2.45) is 0 Å². The van der Waals surface area contributed by atoms with Crippen molar-refractivity contribution < 1.29 is 28.2 Å². The summed E-state index contributed by atoms with van der Waals surface area (Å²) in [7, 11) is 1.22. The van der Waals surface area contributed by atoms with Gasteiger partial charge in [-0.3, -0.25) is 4.90 Å². The van der Waals surface area contributed by atoms with Gasteiger partial charge in [0, 0.05) is 5.56 Å². The Balaban J connectivity index is 1.56. The molecular weight excluding hydrogens is 533 g/mol. The van der Waals surface area contributed by atoms with Crippen LogP contribution in [0.2, 0.25) is 0 Å². The molecule has 4 aromatic rings. The maximum atomic E-state index is 14.5. The molecule has 0 fully saturated rings. The van der Waals surface area contributed by atoms with Gasteiger partial charge in [0.15, 0.2) is 0 Å². The van der Waals surface area contributed by atoms with Gasteiger partial charge in [0.25, 0.3) is 0 Å². The average Bonchev–Trinajstić information content (AvgIpc) is 2.97. The van der Waals surface area contributed by atoms with Gasteiger partial charge >= 0.3 is 12.1 Å². The Labute approximate surface area is 245 Å². The number of halogens is 1. The molecule has 7 heteroatoms. The van der Waals surface area contributed by atoms with Gasteiger partial charge in [0.1, 0.15) is 23.3 Å². The Hall–Kier alpha value is -4.65. The highest BCUT2D eigenvalue weighted by Gasteiger charge is 2.32. The monoisotopic (exact) mass is 567 g/mol. The van der Waals surface area contributed by atoms with Gasteiger partial charge in [-0.2, -0.15) is 0 Å². The number of hydrogen-bond acceptors (Lipinski definition) is 5. The minimum absolute atomic E-state index is 0.156. The first-order chi connectivity index (χ1) is 20.1. The summed E-state index contributed by atoms with van der Waals surface area (Å²) in [6, 6.07) is 25.7. The fraction of sp³-hybridized carbons (Fsp3) is 0.257. The van der Waals surface area contributed by atoms with Crippen molar-refractivity contribution in [3.05, 3.63) is 119 Å². The van der Waals surface area contributed by atoms with Crippen LogP contribution in [0, 0.1) is 5.82 Å². The molecule has 0 saturated heterocycles. The van der Waals surface area contributed by atoms with E-state index in [1.807, 2.05) is 101 Å². The Morgan fingerprint density at radius 1 is 0.976 bits per heavy atom. The van der Waals surface area contributed by atoms with Crippen LogP contribution < -0.4 is 4.74 Å². The fourth-order valence-electron chi connectivity index (χ4n) is 5.25. The van der Waals surface area contributed by atoms with Crippen molar-refractivity contribution >= 4 is 28.4 Å². The summed E-state index contributed by atoms with van der Waals surface area (Å²) in [6.07, 6.45) is 0.880. The summed E-state index contributed by atoms with van der Waals surface area (Å²) in [5.41, 5.74) is 2.31. The van der Waals surface area contributed by atoms with Crippen LogP contribution in [0.15, 0.2) is 91.0 Å². The third-order valence-corrected chi connectivity index (χ3v) is 7.24. The molecule has 0 radical (unpaired) electrons. The molecule has 1 aliphatic heterocycles. The first kappa shape index (κ1) is 28.9. The predicted octanol–water partition coefficient (Wildman–Crippen LogP) is 7.96. The zero-order valence-electron chi connectivity index (χ0n) is 24.4. The molecule has 5 rings (SSSR count). The van der Waals surface area contributed by atoms with Crippen LogP contribution in [0.3, 0.4) is 0 Å². The molecule has 2 atom stereocenters. The number of ether oxygens (including phenoxy) is 3. The van der Waals surface area contributed by atoms with E-state index in [1.165, 1.54) is 19.2 Å². The highest BCUT2D eigenvalue weighted by molar-refractivity contribution is 5.93. The Morgan fingerprint density at radius 3 is 2.45 bits per heavy atom. The SMILES string of the molecule is COC(=O)c1cc(C2=CC(CN(C(=O)OC(C)(C)C)[C@H](C)c3cccc4ccccc34)Oc3ccccc32)ccc1F. The first-order valence-electron chi connectivity index (χ1n) is 13.9. The van der Waals surface area contributed by atoms with Crippen molar-refractivity contribution in [2.45, 2.75) is 45.4 Å². The summed E-state index contributed by atoms with van der Waals surface area (Å²) in [4.78, 5) is 27.6. The molecule has 4 aromatic carbocycles. The number of carbonyl (C=O) groups excluding carboxylic acids is 2. The third kappa shape index (κ3) is 6.00. The van der Waals surface area contributed by atoms with E-state index >= 15 is 0 Å². The molecular formula is C35H34FNO5. The lowest BCUT2D eigenvalue weighted by Crippen LogP contribution is -2.44. The number of rotatable bonds is 6. The highest BCUT2D eigenvalue weighted by atomic mass is 19.1. The normalized spacial score (nSPS) is 15.2. The number of para-hydroxylation sites is 1. The molecule has 1 amide bonds.